The summed E-state index contributed by atoms with van der Waals surface area (Å²) in [7, 11) is 0. The summed E-state index contributed by atoms with van der Waals surface area (Å²) in [4.78, 5) is 11.5. The van der Waals surface area contributed by atoms with Gasteiger partial charge in [-0.2, -0.15) is 12.6 Å². The summed E-state index contributed by atoms with van der Waals surface area (Å²) in [5.41, 5.74) is 11.3. The summed E-state index contributed by atoms with van der Waals surface area (Å²) in [5.74, 6) is -1.61. The van der Waals surface area contributed by atoms with Gasteiger partial charge in [-0.05, 0) is 67.0 Å². The summed E-state index contributed by atoms with van der Waals surface area (Å²) >= 11 is 3.53. The van der Waals surface area contributed by atoms with Gasteiger partial charge < -0.3 is 20.8 Å². The van der Waals surface area contributed by atoms with Gasteiger partial charge in [-0.3, -0.25) is 4.79 Å². The fourth-order valence-electron chi connectivity index (χ4n) is 3.84. The number of nitrogens with one attached hydrogen (secondary N) is 1. The van der Waals surface area contributed by atoms with Gasteiger partial charge in [0, 0.05) is 34.2 Å². The van der Waals surface area contributed by atoms with Crippen LogP contribution in [0.5, 0.6) is 0 Å². The van der Waals surface area contributed by atoms with Crippen LogP contribution < -0.4 is 5.73 Å². The second-order valence-electron chi connectivity index (χ2n) is 7.87. The zero-order valence-corrected chi connectivity index (χ0v) is 21.4. The fourth-order valence-corrected chi connectivity index (χ4v) is 3.84. The molecule has 0 spiro atoms. The normalized spacial score (nSPS) is 11.3. The molecule has 1 aromatic heterocycles. The molecule has 0 aliphatic rings. The second kappa shape index (κ2) is 12.4. The lowest BCUT2D eigenvalue weighted by molar-refractivity contribution is -0.141. The maximum Gasteiger partial charge on any atom is 0.306 e. The number of benzene rings is 2. The highest BCUT2D eigenvalue weighted by atomic mass is 32.1. The number of halogens is 1. The van der Waals surface area contributed by atoms with Gasteiger partial charge in [-0.25, -0.2) is 4.39 Å². The third-order valence-corrected chi connectivity index (χ3v) is 5.35. The molecule has 2 aromatic carbocycles. The van der Waals surface area contributed by atoms with Crippen molar-refractivity contribution in [2.45, 2.75) is 53.9 Å². The van der Waals surface area contributed by atoms with E-state index in [-0.39, 0.29) is 11.7 Å². The fraction of sp³-hybridized carbons (Fsp3) is 0.385. The van der Waals surface area contributed by atoms with Crippen LogP contribution in [0.15, 0.2) is 30.3 Å². The Bertz CT molecular complexity index is 1120. The van der Waals surface area contributed by atoms with Crippen molar-refractivity contribution in [3.63, 3.8) is 0 Å². The first-order valence-electron chi connectivity index (χ1n) is 11.1. The van der Waals surface area contributed by atoms with Crippen LogP contribution in [0, 0.1) is 24.1 Å². The zero-order valence-electron chi connectivity index (χ0n) is 20.5. The number of aliphatic carboxylic acids is 1. The van der Waals surface area contributed by atoms with E-state index in [1.165, 1.54) is 12.3 Å². The van der Waals surface area contributed by atoms with Crippen molar-refractivity contribution in [1.82, 2.24) is 4.57 Å². The number of hydrogen-bond donors (Lipinski definition) is 4. The highest BCUT2D eigenvalue weighted by molar-refractivity contribution is 7.79. The van der Waals surface area contributed by atoms with Crippen LogP contribution in [-0.2, 0) is 11.2 Å². The van der Waals surface area contributed by atoms with Crippen LogP contribution >= 0.6 is 12.6 Å². The van der Waals surface area contributed by atoms with Crippen molar-refractivity contribution in [3.05, 3.63) is 58.5 Å². The molecule has 1 unspecified atom stereocenters. The monoisotopic (exact) mass is 473 g/mol. The Morgan fingerprint density at radius 2 is 1.82 bits per heavy atom. The number of nitrogen functional groups attached to an aromatic ring is 1. The van der Waals surface area contributed by atoms with Crippen molar-refractivity contribution in [1.29, 1.82) is 5.41 Å². The molecule has 3 rings (SSSR count). The molecule has 1 heterocycles. The molecule has 0 fully saturated rings. The molecule has 0 amide bonds. The van der Waals surface area contributed by atoms with Gasteiger partial charge in [-0.1, -0.05) is 34.6 Å². The minimum absolute atomic E-state index is 0.0911. The third-order valence-electron chi connectivity index (χ3n) is 5.35. The molecule has 4 N–H and O–H groups in total. The van der Waals surface area contributed by atoms with Crippen LogP contribution in [0.4, 0.5) is 10.1 Å². The molecule has 1 atom stereocenters. The Labute approximate surface area is 201 Å². The van der Waals surface area contributed by atoms with E-state index >= 15 is 0 Å². The van der Waals surface area contributed by atoms with Crippen LogP contribution in [-0.4, -0.2) is 28.1 Å². The molecule has 33 heavy (non-hydrogen) atoms. The topological polar surface area (TPSA) is 92.1 Å². The van der Waals surface area contributed by atoms with Gasteiger partial charge in [0.2, 0.25) is 0 Å². The number of fused-ring (bicyclic) bond motifs is 1. The first-order chi connectivity index (χ1) is 15.6. The maximum absolute atomic E-state index is 13.9. The Hall–Kier alpha value is -2.80. The summed E-state index contributed by atoms with van der Waals surface area (Å²) in [6.07, 6.45) is 3.26. The van der Waals surface area contributed by atoms with E-state index < -0.39 is 11.9 Å². The second-order valence-corrected chi connectivity index (χ2v) is 7.87. The number of hydrogen-bond acceptors (Lipinski definition) is 4. The molecule has 0 aliphatic heterocycles. The molecule has 0 radical (unpaired) electrons. The van der Waals surface area contributed by atoms with E-state index in [0.29, 0.717) is 23.2 Å². The summed E-state index contributed by atoms with van der Waals surface area (Å²) in [6, 6.07) is 8.61. The number of aromatic nitrogens is 1. The van der Waals surface area contributed by atoms with E-state index in [4.69, 9.17) is 11.1 Å². The van der Waals surface area contributed by atoms with E-state index in [0.717, 1.165) is 27.8 Å². The van der Waals surface area contributed by atoms with Crippen molar-refractivity contribution < 1.29 is 14.3 Å². The Balaban J connectivity index is 0.00000129. The molecule has 180 valence electrons. The smallest absolute Gasteiger partial charge is 0.306 e. The number of anilines is 1. The highest BCUT2D eigenvalue weighted by Gasteiger charge is 2.25. The van der Waals surface area contributed by atoms with Crippen LogP contribution in [0.25, 0.3) is 16.6 Å². The van der Waals surface area contributed by atoms with E-state index in [1.807, 2.05) is 30.5 Å². The predicted octanol–water partition coefficient (Wildman–Crippen LogP) is 6.62. The predicted molar refractivity (Wildman–Crippen MR) is 141 cm³/mol. The zero-order chi connectivity index (χ0) is 25.5. The maximum atomic E-state index is 13.9. The van der Waals surface area contributed by atoms with Gasteiger partial charge >= 0.3 is 5.97 Å². The van der Waals surface area contributed by atoms with Gasteiger partial charge in [0.1, 0.15) is 5.82 Å². The Morgan fingerprint density at radius 3 is 2.30 bits per heavy atom. The SMILES string of the molecule is CC.CS.Cc1cc(-n2c(C(C)C)c(CC(C)C(=O)O)c3cc(N)c(C=N)cc32)ccc1F. The number of carbonyl (C=O) groups is 1. The number of carboxylic acids is 1. The standard InChI is InChI=1S/C23H26FN3O2.C2H6.CH4S/c1-12(2)22-18(8-14(4)23(28)29)17-10-20(26)15(11-25)9-21(17)27(22)16-5-6-19(24)13(3)7-16;2*1-2/h5-7,9-12,14,25H,8,26H2,1-4H3,(H,28,29);1-2H3;2H,1H3. The summed E-state index contributed by atoms with van der Waals surface area (Å²) in [5, 5.41) is 18.0. The van der Waals surface area contributed by atoms with Crippen LogP contribution in [0.3, 0.4) is 0 Å². The van der Waals surface area contributed by atoms with Gasteiger partial charge in [-0.15, -0.1) is 0 Å². The number of rotatable bonds is 6. The lowest BCUT2D eigenvalue weighted by atomic mass is 9.94. The molecular weight excluding hydrogens is 437 g/mol. The van der Waals surface area contributed by atoms with Crippen LogP contribution in [0.2, 0.25) is 0 Å². The largest absolute Gasteiger partial charge is 0.481 e. The van der Waals surface area contributed by atoms with Gasteiger partial charge in [0.05, 0.1) is 11.4 Å². The number of nitrogens with two attached hydrogens (primary N) is 1. The Kier molecular flexibility index (Phi) is 10.6. The molecule has 0 bridgehead atoms. The number of thiol groups is 1. The van der Waals surface area contributed by atoms with Crippen molar-refractivity contribution in [2.75, 3.05) is 12.0 Å². The van der Waals surface area contributed by atoms with Gasteiger partial charge in [0.15, 0.2) is 0 Å². The molecule has 0 saturated carbocycles. The first kappa shape index (κ1) is 28.2. The minimum Gasteiger partial charge on any atom is -0.481 e. The quantitative estimate of drug-likeness (QED) is 0.184. The average Bonchev–Trinajstić information content (AvgIpc) is 3.10. The lowest BCUT2D eigenvalue weighted by Gasteiger charge is -2.17. The third kappa shape index (κ3) is 5.96. The summed E-state index contributed by atoms with van der Waals surface area (Å²) in [6.45, 7) is 11.5. The van der Waals surface area contributed by atoms with E-state index in [2.05, 4.69) is 26.5 Å². The first-order valence-corrected chi connectivity index (χ1v) is 12.0. The molecule has 7 heteroatoms. The van der Waals surface area contributed by atoms with Gasteiger partial charge in [0.25, 0.3) is 0 Å². The molecule has 0 saturated heterocycles. The minimum atomic E-state index is -0.859. The van der Waals surface area contributed by atoms with Crippen LogP contribution in [0.1, 0.15) is 62.9 Å². The molecule has 0 aliphatic carbocycles. The highest BCUT2D eigenvalue weighted by Crippen LogP contribution is 2.37. The van der Waals surface area contributed by atoms with E-state index in [1.54, 1.807) is 32.2 Å². The van der Waals surface area contributed by atoms with Crippen molar-refractivity contribution in [2.24, 2.45) is 5.92 Å². The number of nitrogens with zero attached hydrogens (tertiary/aromatic N) is 1. The number of aryl methyl sites for hydroxylation is 1. The number of carboxylic acid groups (broad SMARTS) is 1. The lowest BCUT2D eigenvalue weighted by Crippen LogP contribution is -2.14. The average molecular weight is 474 g/mol. The molecular formula is C26H36FN3O2S. The molecule has 5 nitrogen and oxygen atoms in total. The van der Waals surface area contributed by atoms with E-state index in [9.17, 15) is 14.3 Å². The summed E-state index contributed by atoms with van der Waals surface area (Å²) < 4.78 is 15.9. The van der Waals surface area contributed by atoms with Crippen molar-refractivity contribution in [3.8, 4) is 5.69 Å². The van der Waals surface area contributed by atoms with Crippen molar-refractivity contribution >= 4 is 41.4 Å². The molecule has 3 aromatic rings. The Morgan fingerprint density at radius 1 is 1.21 bits per heavy atom.